The van der Waals surface area contributed by atoms with Gasteiger partial charge in [0.05, 0.1) is 0 Å². The summed E-state index contributed by atoms with van der Waals surface area (Å²) in [6.45, 7) is 0. The minimum atomic E-state index is 1.27. The van der Waals surface area contributed by atoms with Gasteiger partial charge >= 0.3 is 0 Å². The second-order valence-corrected chi connectivity index (χ2v) is 0.665. The van der Waals surface area contributed by atoms with Crippen molar-refractivity contribution < 1.29 is 0 Å². The largest absolute Gasteiger partial charge is 0.322 e. The van der Waals surface area contributed by atoms with Crippen molar-refractivity contribution in [1.82, 2.24) is 4.72 Å². The summed E-state index contributed by atoms with van der Waals surface area (Å²) in [5.74, 6) is 4.60. The van der Waals surface area contributed by atoms with E-state index in [1.807, 2.05) is 0 Å². The predicted octanol–water partition coefficient (Wildman–Crippen LogP) is -0.677. The molecule has 0 atom stereocenters. The number of nitrogens with two attached hydrogens (primary N) is 1. The molecule has 0 heterocycles. The van der Waals surface area contributed by atoms with Gasteiger partial charge in [-0.2, -0.15) is 5.10 Å². The molecule has 0 amide bonds. The lowest BCUT2D eigenvalue weighted by Gasteiger charge is -1.73. The number of hydrogen-bond donors (Lipinski definition) is 3. The van der Waals surface area contributed by atoms with Crippen molar-refractivity contribution >= 4 is 19.2 Å². The Morgan fingerprint density at radius 3 is 2.60 bits per heavy atom. The molecule has 0 aromatic rings. The third-order valence-corrected chi connectivity index (χ3v) is 0.248. The van der Waals surface area contributed by atoms with E-state index in [1.165, 1.54) is 6.34 Å². The van der Waals surface area contributed by atoms with Crippen LogP contribution in [0.1, 0.15) is 0 Å². The van der Waals surface area contributed by atoms with Crippen molar-refractivity contribution in [2.75, 3.05) is 0 Å². The molecule has 0 rings (SSSR count). The summed E-state index contributed by atoms with van der Waals surface area (Å²) in [6.07, 6.45) is 1.27. The summed E-state index contributed by atoms with van der Waals surface area (Å²) in [5.41, 5.74) is 0. The molecule has 0 unspecified atom stereocenters. The van der Waals surface area contributed by atoms with Crippen molar-refractivity contribution in [2.45, 2.75) is 0 Å². The molecule has 0 radical (unpaired) electrons. The van der Waals surface area contributed by atoms with Crippen LogP contribution in [0.2, 0.25) is 0 Å². The van der Waals surface area contributed by atoms with E-state index in [4.69, 9.17) is 0 Å². The van der Waals surface area contributed by atoms with E-state index < -0.39 is 0 Å². The minimum Gasteiger partial charge on any atom is -0.322 e. The first kappa shape index (κ1) is 4.62. The number of hydrogen-bond acceptors (Lipinski definition) is 3. The quantitative estimate of drug-likeness (QED) is 0.132. The fourth-order valence-electron chi connectivity index (χ4n) is 0.0333. The van der Waals surface area contributed by atoms with E-state index >= 15 is 0 Å². The Bertz CT molecular complexity index is 33.9. The Hall–Kier alpha value is -0.380. The van der Waals surface area contributed by atoms with Gasteiger partial charge in [0.1, 0.15) is 6.34 Å². The van der Waals surface area contributed by atoms with E-state index in [0.29, 0.717) is 0 Å². The van der Waals surface area contributed by atoms with Crippen LogP contribution in [0.15, 0.2) is 5.10 Å². The molecule has 3 N–H and O–H groups in total. The molecule has 0 saturated carbocycles. The molecule has 30 valence electrons. The maximum absolute atomic E-state index is 4.60. The van der Waals surface area contributed by atoms with Crippen LogP contribution in [0.25, 0.3) is 0 Å². The van der Waals surface area contributed by atoms with Crippen LogP contribution in [0.4, 0.5) is 0 Å². The molecule has 0 spiro atoms. The zero-order valence-electron chi connectivity index (χ0n) is 2.55. The third kappa shape index (κ3) is 3.62. The summed E-state index contributed by atoms with van der Waals surface area (Å²) in [6, 6.07) is 0. The van der Waals surface area contributed by atoms with Gasteiger partial charge in [-0.1, -0.05) is 12.8 Å². The molecule has 0 aliphatic heterocycles. The van der Waals surface area contributed by atoms with Crippen molar-refractivity contribution in [3.63, 3.8) is 0 Å². The first-order chi connectivity index (χ1) is 2.41. The van der Waals surface area contributed by atoms with Gasteiger partial charge in [-0.15, -0.1) is 0 Å². The number of hydrazone groups is 1. The lowest BCUT2D eigenvalue weighted by Crippen LogP contribution is -1.94. The number of nitrogens with one attached hydrogen (secondary N) is 1. The monoisotopic (exact) mass is 91.0 g/mol. The summed E-state index contributed by atoms with van der Waals surface area (Å²) >= 11 is 3.52. The first-order valence-electron chi connectivity index (χ1n) is 1.03. The standard InChI is InChI=1S/CH5N3S/c2-3-1-4-5/h1,5H,2H2,(H,3,4). The summed E-state index contributed by atoms with van der Waals surface area (Å²) < 4.78 is 2.30. The van der Waals surface area contributed by atoms with Gasteiger partial charge in [-0.25, -0.2) is 0 Å². The number of nitrogens with zero attached hydrogens (tertiary/aromatic N) is 1. The highest BCUT2D eigenvalue weighted by atomic mass is 32.1. The smallest absolute Gasteiger partial charge is 0.118 e. The Morgan fingerprint density at radius 2 is 2.60 bits per heavy atom. The van der Waals surface area contributed by atoms with E-state index in [0.717, 1.165) is 0 Å². The molecule has 5 heavy (non-hydrogen) atoms. The molecular formula is CH5N3S. The SMILES string of the molecule is NN=CNS. The average molecular weight is 91.1 g/mol. The number of thiol groups is 1. The molecular weight excluding hydrogens is 86.1 g/mol. The van der Waals surface area contributed by atoms with Crippen LogP contribution in [0, 0.1) is 0 Å². The Balaban J connectivity index is 2.62. The van der Waals surface area contributed by atoms with Gasteiger partial charge in [0.2, 0.25) is 0 Å². The highest BCUT2D eigenvalue weighted by Gasteiger charge is 1.47. The molecule has 0 saturated heterocycles. The van der Waals surface area contributed by atoms with Gasteiger partial charge in [-0.3, -0.25) is 0 Å². The fraction of sp³-hybridized carbons (Fsp3) is 0. The van der Waals surface area contributed by atoms with Crippen molar-refractivity contribution in [1.29, 1.82) is 0 Å². The fourth-order valence-corrected chi connectivity index (χ4v) is 0.100. The lowest BCUT2D eigenvalue weighted by atomic mass is 11.4. The maximum atomic E-state index is 4.60. The van der Waals surface area contributed by atoms with Gasteiger partial charge in [0.15, 0.2) is 0 Å². The number of rotatable bonds is 1. The topological polar surface area (TPSA) is 50.4 Å². The van der Waals surface area contributed by atoms with Gasteiger partial charge in [0.25, 0.3) is 0 Å². The molecule has 0 fully saturated rings. The molecule has 0 bridgehead atoms. The van der Waals surface area contributed by atoms with Crippen LogP contribution >= 0.6 is 12.8 Å². The zero-order valence-corrected chi connectivity index (χ0v) is 3.44. The average Bonchev–Trinajstić information content (AvgIpc) is 1.41. The highest BCUT2D eigenvalue weighted by Crippen LogP contribution is 1.44. The molecule has 0 aliphatic carbocycles. The van der Waals surface area contributed by atoms with E-state index in [1.54, 1.807) is 0 Å². The summed E-state index contributed by atoms with van der Waals surface area (Å²) in [7, 11) is 0. The molecule has 0 aliphatic rings. The van der Waals surface area contributed by atoms with Crippen LogP contribution in [0.5, 0.6) is 0 Å². The van der Waals surface area contributed by atoms with Crippen LogP contribution in [0.3, 0.4) is 0 Å². The summed E-state index contributed by atoms with van der Waals surface area (Å²) in [4.78, 5) is 0. The van der Waals surface area contributed by atoms with Crippen LogP contribution < -0.4 is 10.6 Å². The molecule has 0 aromatic carbocycles. The van der Waals surface area contributed by atoms with Crippen molar-refractivity contribution in [2.24, 2.45) is 10.9 Å². The van der Waals surface area contributed by atoms with E-state index in [9.17, 15) is 0 Å². The Labute approximate surface area is 35.8 Å². The zero-order chi connectivity index (χ0) is 4.12. The third-order valence-electron chi connectivity index (χ3n) is 0.132. The van der Waals surface area contributed by atoms with Crippen LogP contribution in [-0.2, 0) is 0 Å². The molecule has 3 nitrogen and oxygen atoms in total. The predicted molar refractivity (Wildman–Crippen MR) is 24.8 cm³/mol. The molecule has 4 heteroatoms. The second-order valence-electron chi connectivity index (χ2n) is 0.407. The van der Waals surface area contributed by atoms with Crippen molar-refractivity contribution in [3.05, 3.63) is 0 Å². The Morgan fingerprint density at radius 1 is 2.00 bits per heavy atom. The van der Waals surface area contributed by atoms with Crippen molar-refractivity contribution in [3.8, 4) is 0 Å². The second kappa shape index (κ2) is 3.62. The van der Waals surface area contributed by atoms with E-state index in [2.05, 4.69) is 28.5 Å². The van der Waals surface area contributed by atoms with Gasteiger partial charge in [-0.05, 0) is 0 Å². The van der Waals surface area contributed by atoms with Gasteiger partial charge < -0.3 is 10.6 Å². The lowest BCUT2D eigenvalue weighted by molar-refractivity contribution is 1.24. The first-order valence-corrected chi connectivity index (χ1v) is 1.48. The summed E-state index contributed by atoms with van der Waals surface area (Å²) in [5, 5.41) is 3.04. The maximum Gasteiger partial charge on any atom is 0.118 e. The minimum absolute atomic E-state index is 1.27. The van der Waals surface area contributed by atoms with E-state index in [-0.39, 0.29) is 0 Å². The molecule has 0 aromatic heterocycles. The highest BCUT2D eigenvalue weighted by molar-refractivity contribution is 7.78. The normalized spacial score (nSPS) is 9.00. The van der Waals surface area contributed by atoms with Gasteiger partial charge in [0, 0.05) is 0 Å². The Kier molecular flexibility index (Phi) is 3.34. The van der Waals surface area contributed by atoms with Crippen LogP contribution in [-0.4, -0.2) is 6.34 Å².